The van der Waals surface area contributed by atoms with Crippen molar-refractivity contribution < 1.29 is 9.53 Å². The van der Waals surface area contributed by atoms with Crippen LogP contribution >= 0.6 is 0 Å². The molecule has 1 aliphatic heterocycles. The Kier molecular flexibility index (Phi) is 4.40. The highest BCUT2D eigenvalue weighted by molar-refractivity contribution is 5.76. The summed E-state index contributed by atoms with van der Waals surface area (Å²) in [6, 6.07) is 0.489. The van der Waals surface area contributed by atoms with Gasteiger partial charge in [0.25, 0.3) is 0 Å². The van der Waals surface area contributed by atoms with Crippen LogP contribution in [-0.2, 0) is 9.53 Å². The monoisotopic (exact) mass is 240 g/mol. The minimum Gasteiger partial charge on any atom is -0.384 e. The summed E-state index contributed by atoms with van der Waals surface area (Å²) in [5, 5.41) is 6.56. The molecule has 0 bridgehead atoms. The molecule has 1 saturated carbocycles. The van der Waals surface area contributed by atoms with Gasteiger partial charge in [0.2, 0.25) is 5.91 Å². The van der Waals surface area contributed by atoms with Crippen LogP contribution in [0.5, 0.6) is 0 Å². The van der Waals surface area contributed by atoms with E-state index in [4.69, 9.17) is 4.74 Å². The lowest BCUT2D eigenvalue weighted by atomic mass is 9.69. The first kappa shape index (κ1) is 12.8. The Balaban J connectivity index is 1.74. The molecule has 0 aromatic heterocycles. The molecule has 4 heteroatoms. The van der Waals surface area contributed by atoms with Crippen LogP contribution in [-0.4, -0.2) is 38.8 Å². The summed E-state index contributed by atoms with van der Waals surface area (Å²) >= 11 is 0. The van der Waals surface area contributed by atoms with Gasteiger partial charge in [-0.15, -0.1) is 0 Å². The Morgan fingerprint density at radius 1 is 1.47 bits per heavy atom. The van der Waals surface area contributed by atoms with Crippen molar-refractivity contribution in [3.8, 4) is 0 Å². The minimum atomic E-state index is 0.199. The van der Waals surface area contributed by atoms with Crippen molar-refractivity contribution in [3.63, 3.8) is 0 Å². The fraction of sp³-hybridized carbons (Fsp3) is 0.923. The summed E-state index contributed by atoms with van der Waals surface area (Å²) in [5.74, 6) is 0.199. The minimum absolute atomic E-state index is 0.199. The van der Waals surface area contributed by atoms with E-state index in [1.165, 1.54) is 19.3 Å². The molecule has 98 valence electrons. The number of hydrogen-bond acceptors (Lipinski definition) is 3. The Labute approximate surface area is 103 Å². The van der Waals surface area contributed by atoms with Crippen molar-refractivity contribution in [3.05, 3.63) is 0 Å². The average Bonchev–Trinajstić information content (AvgIpc) is 2.47. The highest BCUT2D eigenvalue weighted by Gasteiger charge is 2.37. The summed E-state index contributed by atoms with van der Waals surface area (Å²) < 4.78 is 5.32. The van der Waals surface area contributed by atoms with E-state index in [1.807, 2.05) is 0 Å². The van der Waals surface area contributed by atoms with Crippen LogP contribution in [0.4, 0.5) is 0 Å². The molecule has 1 unspecified atom stereocenters. The molecule has 1 atom stereocenters. The van der Waals surface area contributed by atoms with Crippen molar-refractivity contribution in [1.82, 2.24) is 10.6 Å². The number of ether oxygens (including phenoxy) is 1. The molecule has 0 spiro atoms. The van der Waals surface area contributed by atoms with Gasteiger partial charge in [-0.05, 0) is 25.7 Å². The molecule has 1 amide bonds. The lowest BCUT2D eigenvalue weighted by molar-refractivity contribution is -0.120. The van der Waals surface area contributed by atoms with Crippen LogP contribution in [0.25, 0.3) is 0 Å². The maximum atomic E-state index is 11.2. The smallest absolute Gasteiger partial charge is 0.220 e. The molecule has 2 aliphatic rings. The number of carbonyl (C=O) groups excluding carboxylic acids is 1. The van der Waals surface area contributed by atoms with Crippen LogP contribution in [0.3, 0.4) is 0 Å². The third-order valence-electron chi connectivity index (χ3n) is 4.17. The highest BCUT2D eigenvalue weighted by atomic mass is 16.5. The van der Waals surface area contributed by atoms with Crippen LogP contribution in [0.15, 0.2) is 0 Å². The highest BCUT2D eigenvalue weighted by Crippen LogP contribution is 2.40. The van der Waals surface area contributed by atoms with Crippen LogP contribution in [0.2, 0.25) is 0 Å². The first-order valence-corrected chi connectivity index (χ1v) is 6.73. The Bertz CT molecular complexity index is 264. The SMILES string of the molecule is COCC1(CNC2CCNC(=O)CC2)CCC1. The Morgan fingerprint density at radius 2 is 2.29 bits per heavy atom. The molecule has 0 aromatic rings. The molecular formula is C13H24N2O2. The first-order chi connectivity index (χ1) is 8.24. The average molecular weight is 240 g/mol. The fourth-order valence-electron chi connectivity index (χ4n) is 2.84. The topological polar surface area (TPSA) is 50.4 Å². The van der Waals surface area contributed by atoms with E-state index in [9.17, 15) is 4.79 Å². The van der Waals surface area contributed by atoms with Gasteiger partial charge in [0.15, 0.2) is 0 Å². The lowest BCUT2D eigenvalue weighted by Gasteiger charge is -2.42. The van der Waals surface area contributed by atoms with Crippen LogP contribution in [0.1, 0.15) is 38.5 Å². The maximum absolute atomic E-state index is 11.2. The molecule has 1 saturated heterocycles. The predicted octanol–water partition coefficient (Wildman–Crippen LogP) is 1.06. The van der Waals surface area contributed by atoms with E-state index in [1.54, 1.807) is 7.11 Å². The van der Waals surface area contributed by atoms with Crippen molar-refractivity contribution in [2.24, 2.45) is 5.41 Å². The standard InChI is InChI=1S/C13H24N2O2/c1-17-10-13(6-2-7-13)9-15-11-3-4-12(16)14-8-5-11/h11,15H,2-10H2,1H3,(H,14,16). The molecule has 4 nitrogen and oxygen atoms in total. The second-order valence-electron chi connectivity index (χ2n) is 5.54. The summed E-state index contributed by atoms with van der Waals surface area (Å²) in [7, 11) is 1.79. The quantitative estimate of drug-likeness (QED) is 0.755. The van der Waals surface area contributed by atoms with Gasteiger partial charge in [0.1, 0.15) is 0 Å². The zero-order chi connectivity index (χ0) is 12.1. The van der Waals surface area contributed by atoms with E-state index < -0.39 is 0 Å². The third kappa shape index (κ3) is 3.42. The summed E-state index contributed by atoms with van der Waals surface area (Å²) in [4.78, 5) is 11.2. The predicted molar refractivity (Wildman–Crippen MR) is 66.8 cm³/mol. The van der Waals surface area contributed by atoms with Crippen molar-refractivity contribution in [2.75, 3.05) is 26.8 Å². The summed E-state index contributed by atoms with van der Waals surface area (Å²) in [6.45, 7) is 2.72. The number of carbonyl (C=O) groups is 1. The molecule has 0 radical (unpaired) electrons. The molecule has 2 fully saturated rings. The Hall–Kier alpha value is -0.610. The zero-order valence-electron chi connectivity index (χ0n) is 10.8. The third-order valence-corrected chi connectivity index (χ3v) is 4.17. The van der Waals surface area contributed by atoms with Crippen molar-refractivity contribution >= 4 is 5.91 Å². The second kappa shape index (κ2) is 5.83. The van der Waals surface area contributed by atoms with Crippen molar-refractivity contribution in [1.29, 1.82) is 0 Å². The molecule has 2 N–H and O–H groups in total. The van der Waals surface area contributed by atoms with Gasteiger partial charge in [0, 0.05) is 38.1 Å². The molecular weight excluding hydrogens is 216 g/mol. The van der Waals surface area contributed by atoms with Crippen LogP contribution in [0, 0.1) is 5.41 Å². The van der Waals surface area contributed by atoms with Gasteiger partial charge < -0.3 is 15.4 Å². The fourth-order valence-corrected chi connectivity index (χ4v) is 2.84. The van der Waals surface area contributed by atoms with E-state index in [-0.39, 0.29) is 5.91 Å². The maximum Gasteiger partial charge on any atom is 0.220 e. The molecule has 0 aromatic carbocycles. The largest absolute Gasteiger partial charge is 0.384 e. The molecule has 17 heavy (non-hydrogen) atoms. The number of hydrogen-bond donors (Lipinski definition) is 2. The molecule has 1 aliphatic carbocycles. The molecule has 2 rings (SSSR count). The first-order valence-electron chi connectivity index (χ1n) is 6.73. The summed E-state index contributed by atoms with van der Waals surface area (Å²) in [6.07, 6.45) is 6.56. The van der Waals surface area contributed by atoms with E-state index >= 15 is 0 Å². The number of nitrogens with one attached hydrogen (secondary N) is 2. The number of methoxy groups -OCH3 is 1. The van der Waals surface area contributed by atoms with Gasteiger partial charge in [-0.3, -0.25) is 4.79 Å². The Morgan fingerprint density at radius 3 is 2.94 bits per heavy atom. The van der Waals surface area contributed by atoms with Gasteiger partial charge >= 0.3 is 0 Å². The molecule has 1 heterocycles. The van der Waals surface area contributed by atoms with Crippen molar-refractivity contribution in [2.45, 2.75) is 44.6 Å². The zero-order valence-corrected chi connectivity index (χ0v) is 10.8. The van der Waals surface area contributed by atoms with E-state index in [0.717, 1.165) is 32.5 Å². The van der Waals surface area contributed by atoms with Gasteiger partial charge in [-0.2, -0.15) is 0 Å². The van der Waals surface area contributed by atoms with E-state index in [0.29, 0.717) is 17.9 Å². The van der Waals surface area contributed by atoms with Gasteiger partial charge in [-0.25, -0.2) is 0 Å². The number of rotatable bonds is 5. The van der Waals surface area contributed by atoms with E-state index in [2.05, 4.69) is 10.6 Å². The summed E-state index contributed by atoms with van der Waals surface area (Å²) in [5.41, 5.74) is 0.374. The second-order valence-corrected chi connectivity index (χ2v) is 5.54. The number of amides is 1. The van der Waals surface area contributed by atoms with Crippen LogP contribution < -0.4 is 10.6 Å². The van der Waals surface area contributed by atoms with Gasteiger partial charge in [0.05, 0.1) is 6.61 Å². The normalized spacial score (nSPS) is 28.1. The lowest BCUT2D eigenvalue weighted by Crippen LogP contribution is -2.46. The van der Waals surface area contributed by atoms with Gasteiger partial charge in [-0.1, -0.05) is 6.42 Å².